The number of carbonyl (C=O) groups excluding carboxylic acids is 1. The summed E-state index contributed by atoms with van der Waals surface area (Å²) in [4.78, 5) is 12.4. The van der Waals surface area contributed by atoms with Crippen LogP contribution in [-0.4, -0.2) is 18.5 Å². The van der Waals surface area contributed by atoms with Crippen molar-refractivity contribution in [2.45, 2.75) is 56.5 Å². The normalized spacial score (nSPS) is 23.0. The summed E-state index contributed by atoms with van der Waals surface area (Å²) in [6.07, 6.45) is 6.89. The molecule has 0 radical (unpaired) electrons. The first-order valence-corrected chi connectivity index (χ1v) is 7.98. The van der Waals surface area contributed by atoms with E-state index in [1.54, 1.807) is 0 Å². The molecule has 0 spiro atoms. The first kappa shape index (κ1) is 17.2. The molecule has 0 aromatic heterocycles. The van der Waals surface area contributed by atoms with Gasteiger partial charge >= 0.3 is 0 Å². The van der Waals surface area contributed by atoms with Gasteiger partial charge < -0.3 is 10.6 Å². The predicted molar refractivity (Wildman–Crippen MR) is 87.6 cm³/mol. The van der Waals surface area contributed by atoms with Crippen molar-refractivity contribution in [1.82, 2.24) is 10.6 Å². The Hall–Kier alpha value is -1.13. The van der Waals surface area contributed by atoms with Gasteiger partial charge in [-0.3, -0.25) is 4.79 Å². The van der Waals surface area contributed by atoms with Crippen LogP contribution in [0.15, 0.2) is 24.3 Å². The first-order chi connectivity index (χ1) is 10.2. The number of amides is 1. The van der Waals surface area contributed by atoms with Crippen LogP contribution in [0.2, 0.25) is 0 Å². The van der Waals surface area contributed by atoms with Gasteiger partial charge in [0.1, 0.15) is 5.82 Å². The lowest BCUT2D eigenvalue weighted by Crippen LogP contribution is -2.45. The lowest BCUT2D eigenvalue weighted by molar-refractivity contribution is -0.123. The molecular formula is C17H24ClFN2O. The van der Waals surface area contributed by atoms with Crippen LogP contribution in [0.3, 0.4) is 0 Å². The highest BCUT2D eigenvalue weighted by Crippen LogP contribution is 2.38. The van der Waals surface area contributed by atoms with Crippen molar-refractivity contribution < 1.29 is 9.18 Å². The molecule has 2 N–H and O–H groups in total. The van der Waals surface area contributed by atoms with E-state index >= 15 is 0 Å². The molecule has 1 aliphatic carbocycles. The number of nitrogens with one attached hydrogen (secondary N) is 2. The summed E-state index contributed by atoms with van der Waals surface area (Å²) < 4.78 is 13.1. The summed E-state index contributed by atoms with van der Waals surface area (Å²) in [7, 11) is 0. The van der Waals surface area contributed by atoms with Gasteiger partial charge in [0.05, 0.1) is 5.54 Å². The molecule has 22 heavy (non-hydrogen) atoms. The Balaban J connectivity index is 0.00000176. The van der Waals surface area contributed by atoms with Crippen LogP contribution in [0.4, 0.5) is 4.39 Å². The molecule has 3 rings (SSSR count). The highest BCUT2D eigenvalue weighted by molar-refractivity contribution is 5.85. The van der Waals surface area contributed by atoms with Crippen molar-refractivity contribution in [1.29, 1.82) is 0 Å². The van der Waals surface area contributed by atoms with Gasteiger partial charge in [0.25, 0.3) is 0 Å². The maximum Gasteiger partial charge on any atom is 0.222 e. The second-order valence-corrected chi connectivity index (χ2v) is 6.34. The van der Waals surface area contributed by atoms with E-state index in [-0.39, 0.29) is 29.7 Å². The van der Waals surface area contributed by atoms with Gasteiger partial charge in [0, 0.05) is 12.5 Å². The van der Waals surface area contributed by atoms with Crippen LogP contribution in [0.1, 0.15) is 50.5 Å². The highest BCUT2D eigenvalue weighted by atomic mass is 35.5. The quantitative estimate of drug-likeness (QED) is 0.891. The molecule has 1 aromatic rings. The third-order valence-corrected chi connectivity index (χ3v) is 4.83. The maximum absolute atomic E-state index is 13.1. The number of benzene rings is 1. The molecule has 1 amide bonds. The third kappa shape index (κ3) is 3.79. The van der Waals surface area contributed by atoms with Crippen molar-refractivity contribution in [3.63, 3.8) is 0 Å². The minimum atomic E-state index is -0.288. The number of carbonyl (C=O) groups is 1. The van der Waals surface area contributed by atoms with E-state index < -0.39 is 0 Å². The van der Waals surface area contributed by atoms with Gasteiger partial charge in [0.2, 0.25) is 5.91 Å². The molecule has 1 aliphatic heterocycles. The van der Waals surface area contributed by atoms with Gasteiger partial charge in [-0.25, -0.2) is 4.39 Å². The fourth-order valence-corrected chi connectivity index (χ4v) is 3.71. The highest BCUT2D eigenvalue weighted by Gasteiger charge is 2.37. The number of halogens is 2. The summed E-state index contributed by atoms with van der Waals surface area (Å²) in [5.74, 6) is -0.117. The van der Waals surface area contributed by atoms with Crippen LogP contribution < -0.4 is 10.6 Å². The molecule has 1 saturated heterocycles. The number of hydrogen-bond donors (Lipinski definition) is 2. The summed E-state index contributed by atoms with van der Waals surface area (Å²) in [5.41, 5.74) is 0.748. The monoisotopic (exact) mass is 326 g/mol. The lowest BCUT2D eigenvalue weighted by atomic mass is 9.87. The molecule has 5 heteroatoms. The number of hydrogen-bond acceptors (Lipinski definition) is 2. The van der Waals surface area contributed by atoms with Crippen LogP contribution in [-0.2, 0) is 10.3 Å². The summed E-state index contributed by atoms with van der Waals surface area (Å²) in [6, 6.07) is 6.92. The molecule has 3 nitrogen and oxygen atoms in total. The molecular weight excluding hydrogens is 303 g/mol. The first-order valence-electron chi connectivity index (χ1n) is 7.98. The van der Waals surface area contributed by atoms with E-state index in [9.17, 15) is 9.18 Å². The summed E-state index contributed by atoms with van der Waals surface area (Å²) in [5, 5.41) is 6.62. The van der Waals surface area contributed by atoms with Gasteiger partial charge in [-0.05, 0) is 49.9 Å². The Morgan fingerprint density at radius 2 is 1.91 bits per heavy atom. The Bertz CT molecular complexity index is 494. The second-order valence-electron chi connectivity index (χ2n) is 6.34. The van der Waals surface area contributed by atoms with Crippen molar-refractivity contribution in [2.24, 2.45) is 0 Å². The molecule has 1 heterocycles. The lowest BCUT2D eigenvalue weighted by Gasteiger charge is -2.31. The van der Waals surface area contributed by atoms with Crippen molar-refractivity contribution in [2.75, 3.05) is 6.54 Å². The van der Waals surface area contributed by atoms with Gasteiger partial charge in [-0.15, -0.1) is 12.4 Å². The Kier molecular flexibility index (Phi) is 5.81. The zero-order valence-corrected chi connectivity index (χ0v) is 13.6. The van der Waals surface area contributed by atoms with Crippen molar-refractivity contribution in [3.8, 4) is 0 Å². The molecule has 2 fully saturated rings. The van der Waals surface area contributed by atoms with Crippen molar-refractivity contribution in [3.05, 3.63) is 35.6 Å². The van der Waals surface area contributed by atoms with Crippen LogP contribution >= 0.6 is 12.4 Å². The average molecular weight is 327 g/mol. The molecule has 1 unspecified atom stereocenters. The van der Waals surface area contributed by atoms with Gasteiger partial charge in [-0.2, -0.15) is 0 Å². The largest absolute Gasteiger partial charge is 0.347 e. The Morgan fingerprint density at radius 3 is 2.50 bits per heavy atom. The number of rotatable bonds is 4. The van der Waals surface area contributed by atoms with E-state index in [1.165, 1.54) is 12.1 Å². The summed E-state index contributed by atoms with van der Waals surface area (Å²) >= 11 is 0. The Morgan fingerprint density at radius 1 is 1.23 bits per heavy atom. The van der Waals surface area contributed by atoms with Crippen LogP contribution in [0.5, 0.6) is 0 Å². The van der Waals surface area contributed by atoms with Gasteiger partial charge in [-0.1, -0.05) is 25.0 Å². The van der Waals surface area contributed by atoms with E-state index in [1.807, 2.05) is 12.1 Å². The zero-order chi connectivity index (χ0) is 14.7. The molecule has 0 bridgehead atoms. The molecule has 1 aromatic carbocycles. The topological polar surface area (TPSA) is 41.1 Å². The second kappa shape index (κ2) is 7.42. The molecule has 2 aliphatic rings. The third-order valence-electron chi connectivity index (χ3n) is 4.83. The molecule has 122 valence electrons. The maximum atomic E-state index is 13.1. The van der Waals surface area contributed by atoms with E-state index in [2.05, 4.69) is 10.6 Å². The fourth-order valence-electron chi connectivity index (χ4n) is 3.71. The molecule has 1 atom stereocenters. The SMILES string of the molecule is Cl.O=C(CC1CCCN1)NC1(c2ccc(F)cc2)CCCC1. The van der Waals surface area contributed by atoms with E-state index in [4.69, 9.17) is 0 Å². The fraction of sp³-hybridized carbons (Fsp3) is 0.588. The van der Waals surface area contributed by atoms with E-state index in [0.29, 0.717) is 12.5 Å². The van der Waals surface area contributed by atoms with Gasteiger partial charge in [0.15, 0.2) is 0 Å². The zero-order valence-electron chi connectivity index (χ0n) is 12.7. The Labute approximate surface area is 137 Å². The standard InChI is InChI=1S/C17H23FN2O.ClH/c18-14-7-5-13(6-8-14)17(9-1-2-10-17)20-16(21)12-15-4-3-11-19-15;/h5-8,15,19H,1-4,9-12H2,(H,20,21);1H. The van der Waals surface area contributed by atoms with E-state index in [0.717, 1.165) is 50.6 Å². The molecule has 1 saturated carbocycles. The predicted octanol–water partition coefficient (Wildman–Crippen LogP) is 3.28. The minimum Gasteiger partial charge on any atom is -0.347 e. The van der Waals surface area contributed by atoms with Crippen molar-refractivity contribution >= 4 is 18.3 Å². The van der Waals surface area contributed by atoms with Crippen LogP contribution in [0, 0.1) is 5.82 Å². The minimum absolute atomic E-state index is 0. The average Bonchev–Trinajstić information content (AvgIpc) is 3.12. The van der Waals surface area contributed by atoms with Crippen LogP contribution in [0.25, 0.3) is 0 Å². The smallest absolute Gasteiger partial charge is 0.222 e. The summed E-state index contributed by atoms with van der Waals surface area (Å²) in [6.45, 7) is 1.01.